The molecule has 15 nitrogen and oxygen atoms in total. The van der Waals surface area contributed by atoms with Crippen LogP contribution in [0.2, 0.25) is 0 Å². The number of ether oxygens (including phenoxy) is 1. The zero-order chi connectivity index (χ0) is 49.5. The molecule has 4 N–H and O–H groups in total. The first-order valence-corrected chi connectivity index (χ1v) is 26.6. The lowest BCUT2D eigenvalue weighted by molar-refractivity contribution is -0.384. The number of nitro benzene ring substituents is 1. The van der Waals surface area contributed by atoms with E-state index in [-0.39, 0.29) is 28.3 Å². The van der Waals surface area contributed by atoms with Gasteiger partial charge in [0.05, 0.1) is 33.2 Å². The highest BCUT2D eigenvalue weighted by Gasteiger charge is 2.50. The van der Waals surface area contributed by atoms with Crippen molar-refractivity contribution >= 4 is 49.7 Å². The van der Waals surface area contributed by atoms with Gasteiger partial charge >= 0.3 is 0 Å². The van der Waals surface area contributed by atoms with Crippen LogP contribution in [0.3, 0.4) is 0 Å². The van der Waals surface area contributed by atoms with Gasteiger partial charge in [-0.05, 0) is 135 Å². The number of rotatable bonds is 14. The van der Waals surface area contributed by atoms with Crippen molar-refractivity contribution in [3.05, 3.63) is 142 Å². The maximum atomic E-state index is 14.1. The number of para-hydroxylation sites is 1. The Balaban J connectivity index is 0.839. The molecule has 4 fully saturated rings. The van der Waals surface area contributed by atoms with Gasteiger partial charge in [0.1, 0.15) is 22.8 Å². The maximum absolute atomic E-state index is 14.1. The zero-order valence-corrected chi connectivity index (χ0v) is 41.5. The Hall–Kier alpha value is -6.49. The number of nitrogens with one attached hydrogen (secondary N) is 3. The molecule has 1 amide bonds. The highest BCUT2D eigenvalue weighted by Crippen LogP contribution is 2.53. The molecule has 16 heteroatoms. The van der Waals surface area contributed by atoms with Crippen LogP contribution in [-0.2, 0) is 10.0 Å². The molecule has 0 bridgehead atoms. The molecule has 6 aromatic rings. The van der Waals surface area contributed by atoms with Crippen LogP contribution >= 0.6 is 0 Å². The van der Waals surface area contributed by atoms with Gasteiger partial charge in [-0.15, -0.1) is 0 Å². The number of carbonyl (C=O) groups excluding carboxylic acids is 1. The Morgan fingerprint density at radius 2 is 1.65 bits per heavy atom. The highest BCUT2D eigenvalue weighted by atomic mass is 32.2. The minimum Gasteiger partial charge on any atom is -0.455 e. The molecule has 2 saturated heterocycles. The molecule has 2 aliphatic carbocycles. The Morgan fingerprint density at radius 3 is 2.39 bits per heavy atom. The number of piperidine rings is 1. The first-order valence-electron chi connectivity index (χ1n) is 25.1. The van der Waals surface area contributed by atoms with Crippen molar-refractivity contribution < 1.29 is 28.0 Å². The number of sulfonamides is 1. The van der Waals surface area contributed by atoms with Crippen LogP contribution in [0.15, 0.2) is 120 Å². The number of nitrogens with zero attached hydrogens (tertiary/aromatic N) is 5. The lowest BCUT2D eigenvalue weighted by atomic mass is 9.59. The Labute approximate surface area is 415 Å². The van der Waals surface area contributed by atoms with Crippen LogP contribution in [0.4, 0.5) is 22.7 Å². The standard InChI is InChI=1S/C55H64N8O7S/c1-37(2)45-11-7-8-12-46(45)50-36-61(40-9-5-4-6-10-40)27-28-62(50)42-32-55(33-42)22-25-60(26-23-55)41-13-15-47(51(30-41)70-43-29-39-19-24-56-52(39)58-35-43)53(64)59-71(68,69)44-14-16-48(49(31-44)63(66)67)57-34-38-17-20-54(3,65)21-18-38/h4-16,19,24,29-31,35,37-38,42,50,57,65H,17-18,20-23,25-28,32-34,36H2,1-3H3,(H,56,58)(H,59,64)/t38-,50?,54-. The Kier molecular flexibility index (Phi) is 13.3. The molecule has 0 radical (unpaired) electrons. The van der Waals surface area contributed by atoms with E-state index in [1.807, 2.05) is 19.1 Å². The van der Waals surface area contributed by atoms with Gasteiger partial charge in [-0.1, -0.05) is 56.3 Å². The number of aromatic amines is 1. The number of piperazine rings is 1. The van der Waals surface area contributed by atoms with Crippen LogP contribution in [0.5, 0.6) is 11.5 Å². The second kappa shape index (κ2) is 19.6. The fraction of sp³-hybridized carbons (Fsp3) is 0.418. The molecule has 4 heterocycles. The number of aliphatic hydroxyl groups is 1. The molecule has 1 unspecified atom stereocenters. The normalized spacial score (nSPS) is 21.8. The predicted octanol–water partition coefficient (Wildman–Crippen LogP) is 10.2. The minimum absolute atomic E-state index is 0.0259. The van der Waals surface area contributed by atoms with Crippen LogP contribution < -0.4 is 24.6 Å². The lowest BCUT2D eigenvalue weighted by Crippen LogP contribution is -2.60. The third-order valence-electron chi connectivity index (χ3n) is 15.8. The van der Waals surface area contributed by atoms with E-state index in [4.69, 9.17) is 4.74 Å². The van der Waals surface area contributed by atoms with Crippen LogP contribution in [0, 0.1) is 21.4 Å². The van der Waals surface area contributed by atoms with Gasteiger partial charge in [0.15, 0.2) is 0 Å². The summed E-state index contributed by atoms with van der Waals surface area (Å²) in [6.45, 7) is 11.4. The predicted molar refractivity (Wildman–Crippen MR) is 277 cm³/mol. The van der Waals surface area contributed by atoms with E-state index in [9.17, 15) is 28.4 Å². The van der Waals surface area contributed by atoms with E-state index >= 15 is 0 Å². The molecule has 71 heavy (non-hydrogen) atoms. The average molecular weight is 981 g/mol. The van der Waals surface area contributed by atoms with Gasteiger partial charge in [-0.2, -0.15) is 0 Å². The van der Waals surface area contributed by atoms with Crippen LogP contribution in [0.25, 0.3) is 11.0 Å². The molecular weight excluding hydrogens is 917 g/mol. The van der Waals surface area contributed by atoms with Crippen molar-refractivity contribution in [3.8, 4) is 11.5 Å². The topological polar surface area (TPSA) is 186 Å². The number of amides is 1. The van der Waals surface area contributed by atoms with Gasteiger partial charge < -0.3 is 29.9 Å². The summed E-state index contributed by atoms with van der Waals surface area (Å²) in [6.07, 6.45) is 10.5. The van der Waals surface area contributed by atoms with E-state index in [1.54, 1.807) is 30.6 Å². The molecular formula is C55H64N8O7S. The van der Waals surface area contributed by atoms with Gasteiger partial charge in [0.2, 0.25) is 0 Å². The summed E-state index contributed by atoms with van der Waals surface area (Å²) in [6, 6.07) is 33.0. The number of aromatic nitrogens is 2. The molecule has 2 aliphatic heterocycles. The second-order valence-electron chi connectivity index (χ2n) is 20.9. The second-order valence-corrected chi connectivity index (χ2v) is 22.6. The first-order chi connectivity index (χ1) is 34.1. The molecule has 4 aliphatic rings. The van der Waals surface area contributed by atoms with Gasteiger partial charge in [-0.25, -0.2) is 18.1 Å². The molecule has 4 aromatic carbocycles. The molecule has 372 valence electrons. The smallest absolute Gasteiger partial charge is 0.293 e. The molecule has 1 spiro atoms. The Morgan fingerprint density at radius 1 is 0.901 bits per heavy atom. The van der Waals surface area contributed by atoms with Gasteiger partial charge in [0.25, 0.3) is 21.6 Å². The summed E-state index contributed by atoms with van der Waals surface area (Å²) < 4.78 is 36.2. The zero-order valence-electron chi connectivity index (χ0n) is 40.7. The fourth-order valence-corrected chi connectivity index (χ4v) is 12.6. The van der Waals surface area contributed by atoms with Crippen molar-refractivity contribution in [2.45, 2.75) is 101 Å². The lowest BCUT2D eigenvalue weighted by Gasteiger charge is -2.58. The van der Waals surface area contributed by atoms with Gasteiger partial charge in [0, 0.05) is 80.4 Å². The van der Waals surface area contributed by atoms with Crippen LogP contribution in [0.1, 0.15) is 106 Å². The van der Waals surface area contributed by atoms with Crippen molar-refractivity contribution in [1.29, 1.82) is 0 Å². The SMILES string of the molecule is CC(C)c1ccccc1C1CN(c2ccccc2)CCN1C1CC2(CCN(c3ccc(C(=O)NS(=O)(=O)c4ccc(NC[C@H]5CC[C@](C)(O)CC5)c([N+](=O)[O-])c4)c(Oc4cnc5[nH]ccc5c4)c3)CC2)C1. The average Bonchev–Trinajstić information content (AvgIpc) is 3.83. The number of benzene rings is 4. The van der Waals surface area contributed by atoms with E-state index in [1.165, 1.54) is 28.9 Å². The van der Waals surface area contributed by atoms with Crippen LogP contribution in [-0.4, -0.2) is 90.1 Å². The summed E-state index contributed by atoms with van der Waals surface area (Å²) >= 11 is 0. The quantitative estimate of drug-likeness (QED) is 0.0599. The summed E-state index contributed by atoms with van der Waals surface area (Å²) in [5, 5.41) is 26.5. The number of hydrogen-bond acceptors (Lipinski definition) is 12. The first kappa shape index (κ1) is 48.2. The van der Waals surface area contributed by atoms with Crippen molar-refractivity contribution in [3.63, 3.8) is 0 Å². The summed E-state index contributed by atoms with van der Waals surface area (Å²) in [4.78, 5) is 40.4. The van der Waals surface area contributed by atoms with E-state index in [2.05, 4.69) is 103 Å². The third kappa shape index (κ3) is 10.3. The molecule has 2 saturated carbocycles. The van der Waals surface area contributed by atoms with E-state index in [0.717, 1.165) is 88.4 Å². The molecule has 2 aromatic heterocycles. The van der Waals surface area contributed by atoms with Crippen molar-refractivity contribution in [2.75, 3.05) is 54.4 Å². The highest BCUT2D eigenvalue weighted by molar-refractivity contribution is 7.90. The number of carbonyl (C=O) groups is 1. The number of nitro groups is 1. The van der Waals surface area contributed by atoms with Gasteiger partial charge in [-0.3, -0.25) is 19.8 Å². The number of hydrogen-bond donors (Lipinski definition) is 4. The Bertz CT molecular complexity index is 3010. The summed E-state index contributed by atoms with van der Waals surface area (Å²) in [5.74, 6) is 0.189. The molecule has 10 rings (SSSR count). The van der Waals surface area contributed by atoms with Crippen molar-refractivity contribution in [2.24, 2.45) is 11.3 Å². The summed E-state index contributed by atoms with van der Waals surface area (Å²) in [7, 11) is -4.58. The molecule has 1 atom stereocenters. The number of fused-ring (bicyclic) bond motifs is 1. The number of pyridine rings is 1. The largest absolute Gasteiger partial charge is 0.455 e. The monoisotopic (exact) mass is 980 g/mol. The van der Waals surface area contributed by atoms with E-state index < -0.39 is 37.0 Å². The summed E-state index contributed by atoms with van der Waals surface area (Å²) in [5.41, 5.74) is 4.89. The van der Waals surface area contributed by atoms with E-state index in [0.29, 0.717) is 48.8 Å². The maximum Gasteiger partial charge on any atom is 0.293 e. The third-order valence-corrected chi connectivity index (χ3v) is 17.1. The number of anilines is 3. The fourth-order valence-electron chi connectivity index (χ4n) is 11.6. The number of H-pyrrole nitrogens is 1. The minimum atomic E-state index is -4.58. The van der Waals surface area contributed by atoms with Crippen molar-refractivity contribution in [1.82, 2.24) is 19.6 Å².